The van der Waals surface area contributed by atoms with E-state index in [2.05, 4.69) is 27.0 Å². The van der Waals surface area contributed by atoms with Crippen molar-refractivity contribution in [2.75, 3.05) is 49.5 Å². The molecule has 4 heterocycles. The van der Waals surface area contributed by atoms with Gasteiger partial charge >= 0.3 is 0 Å². The maximum Gasteiger partial charge on any atom is 0.253 e. The zero-order valence-corrected chi connectivity index (χ0v) is 20.5. The van der Waals surface area contributed by atoms with E-state index in [1.54, 1.807) is 0 Å². The number of amides is 1. The van der Waals surface area contributed by atoms with Gasteiger partial charge in [-0.2, -0.15) is 4.98 Å². The van der Waals surface area contributed by atoms with E-state index < -0.39 is 0 Å². The second-order valence-electron chi connectivity index (χ2n) is 10.2. The molecule has 2 unspecified atom stereocenters. The quantitative estimate of drug-likeness (QED) is 0.726. The van der Waals surface area contributed by atoms with Gasteiger partial charge in [-0.25, -0.2) is 4.98 Å². The third kappa shape index (κ3) is 5.52. The molecule has 0 aliphatic carbocycles. The standard InChI is InChI=1S/C27H38N6O/c1-21-8-10-22(11-9-21)26(34)33-17-6-7-24(20-33)32-18-13-23(19-32)29-27-28-14-12-25(30-27)31-15-4-2-3-5-16-31/h8-12,14,23-24H,2-7,13,15-20H2,1H3,(H,28,29,30). The summed E-state index contributed by atoms with van der Waals surface area (Å²) in [5.41, 5.74) is 1.98. The Morgan fingerprint density at radius 3 is 2.50 bits per heavy atom. The molecule has 182 valence electrons. The first-order chi connectivity index (χ1) is 16.7. The molecule has 2 aromatic rings. The average molecular weight is 463 g/mol. The fourth-order valence-electron chi connectivity index (χ4n) is 5.63. The van der Waals surface area contributed by atoms with Crippen LogP contribution in [0.25, 0.3) is 0 Å². The van der Waals surface area contributed by atoms with Crippen molar-refractivity contribution in [3.63, 3.8) is 0 Å². The van der Waals surface area contributed by atoms with E-state index >= 15 is 0 Å². The van der Waals surface area contributed by atoms with Crippen LogP contribution < -0.4 is 10.2 Å². The molecular weight excluding hydrogens is 424 g/mol. The van der Waals surface area contributed by atoms with E-state index in [0.717, 1.165) is 75.9 Å². The van der Waals surface area contributed by atoms with E-state index in [-0.39, 0.29) is 5.91 Å². The Labute approximate surface area is 203 Å². The highest BCUT2D eigenvalue weighted by Gasteiger charge is 2.33. The second kappa shape index (κ2) is 10.7. The predicted octanol–water partition coefficient (Wildman–Crippen LogP) is 3.96. The molecule has 1 amide bonds. The Hall–Kier alpha value is -2.67. The number of carbonyl (C=O) groups is 1. The lowest BCUT2D eigenvalue weighted by molar-refractivity contribution is 0.0607. The molecule has 0 radical (unpaired) electrons. The molecule has 34 heavy (non-hydrogen) atoms. The Morgan fingerprint density at radius 2 is 1.71 bits per heavy atom. The zero-order chi connectivity index (χ0) is 23.3. The van der Waals surface area contributed by atoms with Gasteiger partial charge in [0.2, 0.25) is 5.95 Å². The number of hydrogen-bond donors (Lipinski definition) is 1. The fraction of sp³-hybridized carbons (Fsp3) is 0.593. The van der Waals surface area contributed by atoms with Crippen LogP contribution >= 0.6 is 0 Å². The van der Waals surface area contributed by atoms with E-state index in [1.807, 2.05) is 41.4 Å². The van der Waals surface area contributed by atoms with Crippen molar-refractivity contribution in [2.24, 2.45) is 0 Å². The van der Waals surface area contributed by atoms with Crippen molar-refractivity contribution < 1.29 is 4.79 Å². The molecule has 0 saturated carbocycles. The molecule has 2 atom stereocenters. The SMILES string of the molecule is Cc1ccc(C(=O)N2CCCC(N3CCC(Nc4nccc(N5CCCCCC5)n4)C3)C2)cc1. The minimum atomic E-state index is 0.164. The van der Waals surface area contributed by atoms with Gasteiger partial charge in [-0.15, -0.1) is 0 Å². The number of piperidine rings is 1. The molecule has 1 aromatic heterocycles. The van der Waals surface area contributed by atoms with Crippen molar-refractivity contribution in [3.8, 4) is 0 Å². The molecule has 3 aliphatic rings. The van der Waals surface area contributed by atoms with Crippen molar-refractivity contribution in [1.82, 2.24) is 19.8 Å². The maximum absolute atomic E-state index is 13.0. The third-order valence-corrected chi connectivity index (χ3v) is 7.62. The van der Waals surface area contributed by atoms with Gasteiger partial charge in [-0.1, -0.05) is 30.5 Å². The Bertz CT molecular complexity index is 956. The third-order valence-electron chi connectivity index (χ3n) is 7.62. The number of hydrogen-bond acceptors (Lipinski definition) is 6. The molecule has 1 N–H and O–H groups in total. The van der Waals surface area contributed by atoms with Crippen molar-refractivity contribution >= 4 is 17.7 Å². The van der Waals surface area contributed by atoms with Crippen LogP contribution in [0.2, 0.25) is 0 Å². The summed E-state index contributed by atoms with van der Waals surface area (Å²) in [6, 6.07) is 10.8. The normalized spacial score (nSPS) is 24.1. The van der Waals surface area contributed by atoms with Gasteiger partial charge in [-0.05, 0) is 57.2 Å². The van der Waals surface area contributed by atoms with Gasteiger partial charge < -0.3 is 15.1 Å². The van der Waals surface area contributed by atoms with E-state index in [4.69, 9.17) is 4.98 Å². The number of likely N-dealkylation sites (tertiary alicyclic amines) is 2. The number of carbonyl (C=O) groups excluding carboxylic acids is 1. The van der Waals surface area contributed by atoms with Gasteiger partial charge in [-0.3, -0.25) is 9.69 Å². The first kappa shape index (κ1) is 23.1. The zero-order valence-electron chi connectivity index (χ0n) is 20.5. The lowest BCUT2D eigenvalue weighted by atomic mass is 10.0. The van der Waals surface area contributed by atoms with Gasteiger partial charge in [0, 0.05) is 63.1 Å². The van der Waals surface area contributed by atoms with Crippen LogP contribution in [-0.2, 0) is 0 Å². The molecule has 3 fully saturated rings. The first-order valence-electron chi connectivity index (χ1n) is 13.1. The second-order valence-corrected chi connectivity index (χ2v) is 10.2. The molecule has 7 nitrogen and oxygen atoms in total. The first-order valence-corrected chi connectivity index (χ1v) is 13.1. The lowest BCUT2D eigenvalue weighted by Gasteiger charge is -2.37. The summed E-state index contributed by atoms with van der Waals surface area (Å²) in [6.07, 6.45) is 10.3. The largest absolute Gasteiger partial charge is 0.356 e. The Morgan fingerprint density at radius 1 is 0.912 bits per heavy atom. The lowest BCUT2D eigenvalue weighted by Crippen LogP contribution is -2.49. The number of aryl methyl sites for hydroxylation is 1. The monoisotopic (exact) mass is 462 g/mol. The number of benzene rings is 1. The van der Waals surface area contributed by atoms with Crippen molar-refractivity contribution in [3.05, 3.63) is 47.7 Å². The average Bonchev–Trinajstić information content (AvgIpc) is 3.16. The van der Waals surface area contributed by atoms with Crippen LogP contribution in [0.3, 0.4) is 0 Å². The van der Waals surface area contributed by atoms with E-state index in [1.165, 1.54) is 31.2 Å². The van der Waals surface area contributed by atoms with Crippen LogP contribution in [0, 0.1) is 6.92 Å². The fourth-order valence-corrected chi connectivity index (χ4v) is 5.63. The van der Waals surface area contributed by atoms with Gasteiger partial charge in [0.05, 0.1) is 0 Å². The molecule has 3 saturated heterocycles. The summed E-state index contributed by atoms with van der Waals surface area (Å²) in [4.78, 5) is 29.4. The number of anilines is 2. The van der Waals surface area contributed by atoms with Crippen molar-refractivity contribution in [1.29, 1.82) is 0 Å². The van der Waals surface area contributed by atoms with Crippen molar-refractivity contribution in [2.45, 2.75) is 64.0 Å². The molecule has 0 spiro atoms. The highest BCUT2D eigenvalue weighted by molar-refractivity contribution is 5.94. The molecule has 0 bridgehead atoms. The molecule has 7 heteroatoms. The highest BCUT2D eigenvalue weighted by Crippen LogP contribution is 2.24. The summed E-state index contributed by atoms with van der Waals surface area (Å²) < 4.78 is 0. The highest BCUT2D eigenvalue weighted by atomic mass is 16.2. The number of nitrogens with zero attached hydrogens (tertiary/aromatic N) is 5. The molecule has 5 rings (SSSR count). The van der Waals surface area contributed by atoms with Crippen LogP contribution in [0.4, 0.5) is 11.8 Å². The number of rotatable bonds is 5. The van der Waals surface area contributed by atoms with Crippen LogP contribution in [0.1, 0.15) is 60.9 Å². The topological polar surface area (TPSA) is 64.6 Å². The number of aromatic nitrogens is 2. The van der Waals surface area contributed by atoms with Gasteiger partial charge in [0.1, 0.15) is 5.82 Å². The van der Waals surface area contributed by atoms with E-state index in [0.29, 0.717) is 12.1 Å². The summed E-state index contributed by atoms with van der Waals surface area (Å²) in [7, 11) is 0. The van der Waals surface area contributed by atoms with Crippen LogP contribution in [0.15, 0.2) is 36.5 Å². The van der Waals surface area contributed by atoms with Gasteiger partial charge in [0.15, 0.2) is 0 Å². The van der Waals surface area contributed by atoms with Crippen LogP contribution in [0.5, 0.6) is 0 Å². The summed E-state index contributed by atoms with van der Waals surface area (Å²) in [5.74, 6) is 1.96. The Balaban J connectivity index is 1.16. The molecular formula is C27H38N6O. The Kier molecular flexibility index (Phi) is 7.28. The minimum absolute atomic E-state index is 0.164. The smallest absolute Gasteiger partial charge is 0.253 e. The maximum atomic E-state index is 13.0. The molecule has 3 aliphatic heterocycles. The summed E-state index contributed by atoms with van der Waals surface area (Å²) in [6.45, 7) is 7.95. The minimum Gasteiger partial charge on any atom is -0.356 e. The van der Waals surface area contributed by atoms with E-state index in [9.17, 15) is 4.79 Å². The van der Waals surface area contributed by atoms with Crippen LogP contribution in [-0.4, -0.2) is 77.0 Å². The predicted molar refractivity (Wildman–Crippen MR) is 136 cm³/mol. The van der Waals surface area contributed by atoms with Gasteiger partial charge in [0.25, 0.3) is 5.91 Å². The molecule has 1 aromatic carbocycles. The number of nitrogens with one attached hydrogen (secondary N) is 1. The summed E-state index contributed by atoms with van der Waals surface area (Å²) in [5, 5.41) is 3.60. The summed E-state index contributed by atoms with van der Waals surface area (Å²) >= 11 is 0.